The van der Waals surface area contributed by atoms with Crippen LogP contribution in [-0.2, 0) is 4.74 Å². The Balaban J connectivity index is 2.56. The molecule has 3 nitrogen and oxygen atoms in total. The first-order valence-corrected chi connectivity index (χ1v) is 3.35. The summed E-state index contributed by atoms with van der Waals surface area (Å²) in [7, 11) is 1.61. The predicted molar refractivity (Wildman–Crippen MR) is 43.6 cm³/mol. The molecule has 0 fully saturated rings. The molecule has 0 aliphatic rings. The molecule has 0 radical (unpaired) electrons. The van der Waals surface area contributed by atoms with Crippen LogP contribution in [0.2, 0.25) is 0 Å². The van der Waals surface area contributed by atoms with Crippen LogP contribution in [0.1, 0.15) is 0 Å². The number of rotatable bonds is 3. The van der Waals surface area contributed by atoms with E-state index in [0.717, 1.165) is 5.69 Å². The van der Waals surface area contributed by atoms with Crippen molar-refractivity contribution in [2.45, 2.75) is 0 Å². The number of hydrogen-bond donors (Lipinski definition) is 2. The van der Waals surface area contributed by atoms with Crippen LogP contribution < -0.4 is 5.32 Å². The van der Waals surface area contributed by atoms with Gasteiger partial charge < -0.3 is 15.2 Å². The second kappa shape index (κ2) is 3.83. The van der Waals surface area contributed by atoms with Gasteiger partial charge >= 0.3 is 0 Å². The number of ether oxygens (including phenoxy) is 1. The number of anilines is 1. The van der Waals surface area contributed by atoms with Gasteiger partial charge in [-0.2, -0.15) is 0 Å². The van der Waals surface area contributed by atoms with Gasteiger partial charge in [0.25, 0.3) is 0 Å². The Morgan fingerprint density at radius 2 is 2.36 bits per heavy atom. The highest BCUT2D eigenvalue weighted by atomic mass is 16.5. The minimum absolute atomic E-state index is 0.256. The van der Waals surface area contributed by atoms with Crippen molar-refractivity contribution in [2.24, 2.45) is 0 Å². The Morgan fingerprint density at radius 3 is 3.00 bits per heavy atom. The highest BCUT2D eigenvalue weighted by Gasteiger charge is 1.90. The first-order chi connectivity index (χ1) is 5.33. The fraction of sp³-hybridized carbons (Fsp3) is 0.250. The molecule has 0 aromatic heterocycles. The van der Waals surface area contributed by atoms with E-state index < -0.39 is 0 Å². The summed E-state index contributed by atoms with van der Waals surface area (Å²) in [5, 5.41) is 12.0. The fourth-order valence-corrected chi connectivity index (χ4v) is 0.771. The second-order valence-electron chi connectivity index (χ2n) is 2.16. The van der Waals surface area contributed by atoms with Gasteiger partial charge in [0.05, 0.1) is 0 Å². The molecule has 0 atom stereocenters. The fourth-order valence-electron chi connectivity index (χ4n) is 0.771. The lowest BCUT2D eigenvalue weighted by Gasteiger charge is -2.03. The monoisotopic (exact) mass is 153 g/mol. The molecule has 0 saturated heterocycles. The van der Waals surface area contributed by atoms with E-state index in [1.54, 1.807) is 25.3 Å². The zero-order valence-corrected chi connectivity index (χ0v) is 6.37. The quantitative estimate of drug-likeness (QED) is 0.645. The van der Waals surface area contributed by atoms with Gasteiger partial charge in [0.1, 0.15) is 12.5 Å². The molecule has 1 rings (SSSR count). The van der Waals surface area contributed by atoms with Crippen LogP contribution in [0.3, 0.4) is 0 Å². The van der Waals surface area contributed by atoms with Gasteiger partial charge in [0, 0.05) is 18.9 Å². The average molecular weight is 153 g/mol. The van der Waals surface area contributed by atoms with Crippen LogP contribution in [0.5, 0.6) is 5.75 Å². The predicted octanol–water partition coefficient (Wildman–Crippen LogP) is 1.41. The number of methoxy groups -OCH3 is 1. The zero-order valence-electron chi connectivity index (χ0n) is 6.37. The topological polar surface area (TPSA) is 41.5 Å². The largest absolute Gasteiger partial charge is 0.508 e. The summed E-state index contributed by atoms with van der Waals surface area (Å²) in [6.45, 7) is 0.448. The second-order valence-corrected chi connectivity index (χ2v) is 2.16. The Hall–Kier alpha value is -1.22. The smallest absolute Gasteiger partial charge is 0.117 e. The molecule has 1 aromatic rings. The van der Waals surface area contributed by atoms with E-state index in [9.17, 15) is 0 Å². The summed E-state index contributed by atoms with van der Waals surface area (Å²) in [5.41, 5.74) is 0.854. The van der Waals surface area contributed by atoms with Gasteiger partial charge in [-0.1, -0.05) is 6.07 Å². The van der Waals surface area contributed by atoms with Gasteiger partial charge in [-0.25, -0.2) is 0 Å². The molecule has 0 bridgehead atoms. The maximum absolute atomic E-state index is 9.03. The highest BCUT2D eigenvalue weighted by Crippen LogP contribution is 2.14. The van der Waals surface area contributed by atoms with Gasteiger partial charge in [-0.05, 0) is 12.1 Å². The molecule has 0 amide bonds. The number of phenols is 1. The molecule has 0 aliphatic carbocycles. The average Bonchev–Trinajstić information content (AvgIpc) is 2.01. The standard InChI is InChI=1S/C8H11NO2/c1-11-6-9-7-3-2-4-8(10)5-7/h2-5,9-10H,6H2,1H3. The number of benzene rings is 1. The SMILES string of the molecule is COCNc1cccc(O)c1. The minimum atomic E-state index is 0.256. The van der Waals surface area contributed by atoms with E-state index in [0.29, 0.717) is 6.73 Å². The molecular formula is C8H11NO2. The Labute approximate surface area is 65.6 Å². The third kappa shape index (κ3) is 2.47. The van der Waals surface area contributed by atoms with Crippen molar-refractivity contribution in [3.8, 4) is 5.75 Å². The van der Waals surface area contributed by atoms with E-state index in [4.69, 9.17) is 9.84 Å². The van der Waals surface area contributed by atoms with Crippen LogP contribution in [0, 0.1) is 0 Å². The lowest BCUT2D eigenvalue weighted by atomic mass is 10.3. The summed E-state index contributed by atoms with van der Waals surface area (Å²) in [4.78, 5) is 0. The molecule has 0 aliphatic heterocycles. The zero-order chi connectivity index (χ0) is 8.10. The summed E-state index contributed by atoms with van der Waals surface area (Å²) < 4.78 is 4.79. The lowest BCUT2D eigenvalue weighted by molar-refractivity contribution is 0.221. The number of aromatic hydroxyl groups is 1. The van der Waals surface area contributed by atoms with Crippen molar-refractivity contribution in [3.05, 3.63) is 24.3 Å². The van der Waals surface area contributed by atoms with E-state index in [1.165, 1.54) is 0 Å². The summed E-state index contributed by atoms with van der Waals surface area (Å²) in [6, 6.07) is 6.89. The molecule has 2 N–H and O–H groups in total. The van der Waals surface area contributed by atoms with Gasteiger partial charge in [-0.3, -0.25) is 0 Å². The Bertz CT molecular complexity index is 225. The Kier molecular flexibility index (Phi) is 2.74. The third-order valence-electron chi connectivity index (χ3n) is 1.27. The minimum Gasteiger partial charge on any atom is -0.508 e. The van der Waals surface area contributed by atoms with Crippen molar-refractivity contribution >= 4 is 5.69 Å². The molecule has 0 spiro atoms. The van der Waals surface area contributed by atoms with Gasteiger partial charge in [0.15, 0.2) is 0 Å². The van der Waals surface area contributed by atoms with Crippen molar-refractivity contribution in [2.75, 3.05) is 19.2 Å². The summed E-state index contributed by atoms with van der Waals surface area (Å²) in [6.07, 6.45) is 0. The highest BCUT2D eigenvalue weighted by molar-refractivity contribution is 5.47. The first-order valence-electron chi connectivity index (χ1n) is 3.35. The number of phenolic OH excluding ortho intramolecular Hbond substituents is 1. The first kappa shape index (κ1) is 7.88. The maximum Gasteiger partial charge on any atom is 0.117 e. The third-order valence-corrected chi connectivity index (χ3v) is 1.27. The van der Waals surface area contributed by atoms with Crippen molar-refractivity contribution < 1.29 is 9.84 Å². The molecule has 0 heterocycles. The van der Waals surface area contributed by atoms with Crippen LogP contribution in [-0.4, -0.2) is 18.9 Å². The van der Waals surface area contributed by atoms with E-state index >= 15 is 0 Å². The molecular weight excluding hydrogens is 142 g/mol. The maximum atomic E-state index is 9.03. The molecule has 11 heavy (non-hydrogen) atoms. The van der Waals surface area contributed by atoms with Crippen molar-refractivity contribution in [1.82, 2.24) is 0 Å². The Morgan fingerprint density at radius 1 is 1.55 bits per heavy atom. The van der Waals surface area contributed by atoms with E-state index in [1.807, 2.05) is 6.07 Å². The van der Waals surface area contributed by atoms with Crippen LogP contribution in [0.4, 0.5) is 5.69 Å². The molecule has 1 aromatic carbocycles. The van der Waals surface area contributed by atoms with E-state index in [2.05, 4.69) is 5.32 Å². The van der Waals surface area contributed by atoms with Crippen LogP contribution in [0.15, 0.2) is 24.3 Å². The van der Waals surface area contributed by atoms with Crippen LogP contribution in [0.25, 0.3) is 0 Å². The summed E-state index contributed by atoms with van der Waals surface area (Å²) in [5.74, 6) is 0.256. The van der Waals surface area contributed by atoms with Crippen LogP contribution >= 0.6 is 0 Å². The molecule has 60 valence electrons. The molecule has 3 heteroatoms. The number of nitrogens with one attached hydrogen (secondary N) is 1. The van der Waals surface area contributed by atoms with Crippen molar-refractivity contribution in [3.63, 3.8) is 0 Å². The molecule has 0 saturated carbocycles. The number of hydrogen-bond acceptors (Lipinski definition) is 3. The molecule has 0 unspecified atom stereocenters. The van der Waals surface area contributed by atoms with Gasteiger partial charge in [0.2, 0.25) is 0 Å². The summed E-state index contributed by atoms with van der Waals surface area (Å²) >= 11 is 0. The lowest BCUT2D eigenvalue weighted by Crippen LogP contribution is -2.02. The van der Waals surface area contributed by atoms with E-state index in [-0.39, 0.29) is 5.75 Å². The normalized spacial score (nSPS) is 9.55. The van der Waals surface area contributed by atoms with Crippen molar-refractivity contribution in [1.29, 1.82) is 0 Å². The van der Waals surface area contributed by atoms with Gasteiger partial charge in [-0.15, -0.1) is 0 Å².